The van der Waals surface area contributed by atoms with Crippen LogP contribution in [0.2, 0.25) is 0 Å². The molecule has 1 aromatic carbocycles. The van der Waals surface area contributed by atoms with Gasteiger partial charge >= 0.3 is 0 Å². The molecule has 19 heavy (non-hydrogen) atoms. The third-order valence-electron chi connectivity index (χ3n) is 4.15. The zero-order chi connectivity index (χ0) is 12.8. The van der Waals surface area contributed by atoms with E-state index in [0.29, 0.717) is 6.04 Å². The summed E-state index contributed by atoms with van der Waals surface area (Å²) in [6.07, 6.45) is 4.08. The first-order valence-corrected chi connectivity index (χ1v) is 7.97. The number of fused-ring (bicyclic) bond motifs is 1. The quantitative estimate of drug-likeness (QED) is 0.930. The number of aromatic nitrogens is 1. The highest BCUT2D eigenvalue weighted by Crippen LogP contribution is 2.32. The Labute approximate surface area is 117 Å². The monoisotopic (exact) mass is 273 g/mol. The number of thiazole rings is 1. The van der Waals surface area contributed by atoms with Crippen molar-refractivity contribution in [2.45, 2.75) is 38.3 Å². The Bertz CT molecular complexity index is 602. The Morgan fingerprint density at radius 1 is 1.32 bits per heavy atom. The number of nitrogens with zero attached hydrogens (tertiary/aromatic N) is 2. The summed E-state index contributed by atoms with van der Waals surface area (Å²) in [6, 6.07) is 7.99. The van der Waals surface area contributed by atoms with Crippen molar-refractivity contribution in [3.63, 3.8) is 0 Å². The maximum absolute atomic E-state index is 4.71. The molecule has 2 aliphatic rings. The lowest BCUT2D eigenvalue weighted by molar-refractivity contribution is 0.326. The molecule has 3 nitrogen and oxygen atoms in total. The number of hydrogen-bond acceptors (Lipinski definition) is 4. The Balaban J connectivity index is 1.48. The molecule has 0 radical (unpaired) electrons. The summed E-state index contributed by atoms with van der Waals surface area (Å²) in [5, 5.41) is 4.71. The largest absolute Gasteiger partial charge is 0.357 e. The fourth-order valence-corrected chi connectivity index (χ4v) is 3.87. The zero-order valence-corrected chi connectivity index (χ0v) is 12.0. The summed E-state index contributed by atoms with van der Waals surface area (Å²) in [6.45, 7) is 4.57. The molecule has 0 spiro atoms. The molecule has 2 heterocycles. The van der Waals surface area contributed by atoms with E-state index in [1.54, 1.807) is 11.3 Å². The van der Waals surface area contributed by atoms with Crippen molar-refractivity contribution in [1.29, 1.82) is 0 Å². The lowest BCUT2D eigenvalue weighted by Crippen LogP contribution is -2.27. The van der Waals surface area contributed by atoms with Gasteiger partial charge in [0.05, 0.1) is 10.2 Å². The van der Waals surface area contributed by atoms with Crippen molar-refractivity contribution < 1.29 is 0 Å². The van der Waals surface area contributed by atoms with E-state index in [9.17, 15) is 0 Å². The fraction of sp³-hybridized carbons (Fsp3) is 0.533. The third-order valence-corrected chi connectivity index (χ3v) is 5.12. The number of hydrogen-bond donors (Lipinski definition) is 1. The molecule has 4 rings (SSSR count). The van der Waals surface area contributed by atoms with E-state index >= 15 is 0 Å². The summed E-state index contributed by atoms with van der Waals surface area (Å²) in [5.41, 5.74) is 2.41. The van der Waals surface area contributed by atoms with Crippen molar-refractivity contribution in [1.82, 2.24) is 9.88 Å². The van der Waals surface area contributed by atoms with Crippen LogP contribution in [0.25, 0.3) is 10.2 Å². The van der Waals surface area contributed by atoms with E-state index in [4.69, 9.17) is 4.98 Å². The predicted octanol–water partition coefficient (Wildman–Crippen LogP) is 3.25. The Morgan fingerprint density at radius 3 is 3.05 bits per heavy atom. The van der Waals surface area contributed by atoms with Crippen molar-refractivity contribution in [3.05, 3.63) is 23.8 Å². The molecular formula is C15H19N3S. The number of nitrogens with one attached hydrogen (secondary N) is 1. The van der Waals surface area contributed by atoms with Gasteiger partial charge in [0.2, 0.25) is 0 Å². The van der Waals surface area contributed by atoms with Crippen molar-refractivity contribution >= 4 is 26.7 Å². The van der Waals surface area contributed by atoms with Gasteiger partial charge in [-0.2, -0.15) is 0 Å². The van der Waals surface area contributed by atoms with Crippen LogP contribution in [-0.2, 0) is 0 Å². The number of rotatable bonds is 3. The highest BCUT2D eigenvalue weighted by Gasteiger charge is 2.34. The third kappa shape index (κ3) is 2.35. The summed E-state index contributed by atoms with van der Waals surface area (Å²) in [5.74, 6) is 0. The first-order valence-electron chi connectivity index (χ1n) is 7.16. The van der Waals surface area contributed by atoms with Crippen LogP contribution in [-0.4, -0.2) is 35.1 Å². The van der Waals surface area contributed by atoms with Crippen LogP contribution in [0.5, 0.6) is 0 Å². The normalized spacial score (nSPS) is 24.2. The second-order valence-corrected chi connectivity index (χ2v) is 6.88. The minimum absolute atomic E-state index is 0.585. The lowest BCUT2D eigenvalue weighted by atomic mass is 10.2. The standard InChI is InChI=1S/C15H19N3S/c1-10-2-5-14-13(8-10)17-15(19-14)16-11-6-7-18(9-11)12-3-4-12/h2,5,8,11-12H,3-4,6-7,9H2,1H3,(H,16,17). The molecule has 1 N–H and O–H groups in total. The van der Waals surface area contributed by atoms with E-state index in [-0.39, 0.29) is 0 Å². The van der Waals surface area contributed by atoms with E-state index in [1.807, 2.05) is 0 Å². The number of benzene rings is 1. The van der Waals surface area contributed by atoms with Crippen LogP contribution in [0.15, 0.2) is 18.2 Å². The van der Waals surface area contributed by atoms with Gasteiger partial charge in [-0.1, -0.05) is 17.4 Å². The van der Waals surface area contributed by atoms with Gasteiger partial charge in [0.25, 0.3) is 0 Å². The molecule has 1 saturated carbocycles. The molecule has 1 aromatic heterocycles. The molecule has 1 atom stereocenters. The average molecular weight is 273 g/mol. The van der Waals surface area contributed by atoms with Gasteiger partial charge in [-0.25, -0.2) is 4.98 Å². The van der Waals surface area contributed by atoms with Crippen molar-refractivity contribution in [3.8, 4) is 0 Å². The van der Waals surface area contributed by atoms with Crippen LogP contribution >= 0.6 is 11.3 Å². The van der Waals surface area contributed by atoms with E-state index in [2.05, 4.69) is 35.3 Å². The van der Waals surface area contributed by atoms with Crippen molar-refractivity contribution in [2.24, 2.45) is 0 Å². The van der Waals surface area contributed by atoms with Crippen LogP contribution in [0.3, 0.4) is 0 Å². The van der Waals surface area contributed by atoms with Gasteiger partial charge in [-0.15, -0.1) is 0 Å². The van der Waals surface area contributed by atoms with Crippen LogP contribution in [0.1, 0.15) is 24.8 Å². The summed E-state index contributed by atoms with van der Waals surface area (Å²) < 4.78 is 1.28. The minimum Gasteiger partial charge on any atom is -0.357 e. The SMILES string of the molecule is Cc1ccc2sc(NC3CCN(C4CC4)C3)nc2c1. The highest BCUT2D eigenvalue weighted by molar-refractivity contribution is 7.22. The van der Waals surface area contributed by atoms with Crippen LogP contribution in [0, 0.1) is 6.92 Å². The first kappa shape index (κ1) is 11.7. The molecule has 4 heteroatoms. The number of aryl methyl sites for hydroxylation is 1. The maximum Gasteiger partial charge on any atom is 0.184 e. The number of likely N-dealkylation sites (tertiary alicyclic amines) is 1. The Hall–Kier alpha value is -1.13. The summed E-state index contributed by atoms with van der Waals surface area (Å²) in [7, 11) is 0. The molecule has 0 amide bonds. The smallest absolute Gasteiger partial charge is 0.184 e. The number of anilines is 1. The second kappa shape index (κ2) is 4.46. The molecule has 100 valence electrons. The first-order chi connectivity index (χ1) is 9.28. The molecular weight excluding hydrogens is 254 g/mol. The second-order valence-electron chi connectivity index (χ2n) is 5.85. The summed E-state index contributed by atoms with van der Waals surface area (Å²) >= 11 is 1.78. The average Bonchev–Trinajstić information content (AvgIpc) is 3.01. The summed E-state index contributed by atoms with van der Waals surface area (Å²) in [4.78, 5) is 7.35. The van der Waals surface area contributed by atoms with E-state index < -0.39 is 0 Å². The van der Waals surface area contributed by atoms with E-state index in [1.165, 1.54) is 42.6 Å². The minimum atomic E-state index is 0.585. The molecule has 2 aromatic rings. The predicted molar refractivity (Wildman–Crippen MR) is 81.0 cm³/mol. The molecule has 1 unspecified atom stereocenters. The lowest BCUT2D eigenvalue weighted by Gasteiger charge is -2.15. The molecule has 0 bridgehead atoms. The molecule has 2 fully saturated rings. The van der Waals surface area contributed by atoms with Crippen molar-refractivity contribution in [2.75, 3.05) is 18.4 Å². The van der Waals surface area contributed by atoms with Crippen LogP contribution in [0.4, 0.5) is 5.13 Å². The Morgan fingerprint density at radius 2 is 2.21 bits per heavy atom. The molecule has 1 saturated heterocycles. The van der Waals surface area contributed by atoms with E-state index in [0.717, 1.165) is 16.7 Å². The maximum atomic E-state index is 4.71. The van der Waals surface area contributed by atoms with Gasteiger partial charge in [0.1, 0.15) is 0 Å². The zero-order valence-electron chi connectivity index (χ0n) is 11.2. The van der Waals surface area contributed by atoms with Gasteiger partial charge in [-0.05, 0) is 43.9 Å². The highest BCUT2D eigenvalue weighted by atomic mass is 32.1. The van der Waals surface area contributed by atoms with Gasteiger partial charge in [-0.3, -0.25) is 4.90 Å². The molecule has 1 aliphatic heterocycles. The topological polar surface area (TPSA) is 28.2 Å². The van der Waals surface area contributed by atoms with Gasteiger partial charge in [0, 0.05) is 25.2 Å². The van der Waals surface area contributed by atoms with Crippen LogP contribution < -0.4 is 5.32 Å². The Kier molecular flexibility index (Phi) is 2.74. The van der Waals surface area contributed by atoms with Gasteiger partial charge < -0.3 is 5.32 Å². The molecule has 1 aliphatic carbocycles. The van der Waals surface area contributed by atoms with Gasteiger partial charge in [0.15, 0.2) is 5.13 Å². The fourth-order valence-electron chi connectivity index (χ4n) is 2.95.